The Bertz CT molecular complexity index is 631. The minimum absolute atomic E-state index is 0.00741. The van der Waals surface area contributed by atoms with E-state index in [0.717, 1.165) is 17.1 Å². The molecule has 21 heavy (non-hydrogen) atoms. The van der Waals surface area contributed by atoms with Crippen LogP contribution in [-0.4, -0.2) is 12.5 Å². The predicted molar refractivity (Wildman–Crippen MR) is 81.4 cm³/mol. The zero-order valence-corrected chi connectivity index (χ0v) is 12.9. The molecular formula is C17H21NO3. The van der Waals surface area contributed by atoms with E-state index in [4.69, 9.17) is 9.15 Å². The van der Waals surface area contributed by atoms with Gasteiger partial charge < -0.3 is 14.5 Å². The van der Waals surface area contributed by atoms with Crippen LogP contribution in [0.1, 0.15) is 35.6 Å². The molecule has 4 nitrogen and oxygen atoms in total. The Balaban J connectivity index is 1.85. The molecule has 0 bridgehead atoms. The van der Waals surface area contributed by atoms with E-state index in [1.54, 1.807) is 0 Å². The number of amides is 1. The minimum atomic E-state index is -0.172. The number of rotatable bonds is 5. The second-order valence-corrected chi connectivity index (χ2v) is 5.27. The Hall–Kier alpha value is -2.23. The normalized spacial score (nSPS) is 12.0. The number of furan rings is 1. The lowest BCUT2D eigenvalue weighted by molar-refractivity contribution is -0.123. The van der Waals surface area contributed by atoms with E-state index in [1.165, 1.54) is 5.56 Å². The van der Waals surface area contributed by atoms with Gasteiger partial charge in [-0.2, -0.15) is 0 Å². The smallest absolute Gasteiger partial charge is 0.258 e. The summed E-state index contributed by atoms with van der Waals surface area (Å²) < 4.78 is 11.0. The molecule has 1 aromatic carbocycles. The van der Waals surface area contributed by atoms with Gasteiger partial charge in [0.2, 0.25) is 0 Å². The van der Waals surface area contributed by atoms with E-state index in [-0.39, 0.29) is 18.6 Å². The molecule has 1 amide bonds. The van der Waals surface area contributed by atoms with Crippen molar-refractivity contribution >= 4 is 5.91 Å². The number of aryl methyl sites for hydroxylation is 3. The summed E-state index contributed by atoms with van der Waals surface area (Å²) in [4.78, 5) is 11.9. The van der Waals surface area contributed by atoms with E-state index >= 15 is 0 Å². The first-order chi connectivity index (χ1) is 9.95. The van der Waals surface area contributed by atoms with Gasteiger partial charge in [0.15, 0.2) is 6.61 Å². The van der Waals surface area contributed by atoms with Gasteiger partial charge in [0.25, 0.3) is 5.91 Å². The van der Waals surface area contributed by atoms with Crippen molar-refractivity contribution in [2.75, 3.05) is 6.61 Å². The number of ether oxygens (including phenoxy) is 1. The van der Waals surface area contributed by atoms with E-state index in [9.17, 15) is 4.79 Å². The number of carbonyl (C=O) groups is 1. The summed E-state index contributed by atoms with van der Waals surface area (Å²) in [6, 6.07) is 9.36. The van der Waals surface area contributed by atoms with Crippen molar-refractivity contribution in [2.24, 2.45) is 0 Å². The van der Waals surface area contributed by atoms with Crippen LogP contribution in [-0.2, 0) is 4.79 Å². The van der Waals surface area contributed by atoms with Gasteiger partial charge in [-0.3, -0.25) is 4.79 Å². The highest BCUT2D eigenvalue weighted by Gasteiger charge is 2.13. The molecule has 2 rings (SSSR count). The van der Waals surface area contributed by atoms with E-state index in [2.05, 4.69) is 5.32 Å². The third-order valence-corrected chi connectivity index (χ3v) is 3.41. The molecule has 1 aromatic heterocycles. The molecule has 1 atom stereocenters. The van der Waals surface area contributed by atoms with Crippen LogP contribution >= 0.6 is 0 Å². The van der Waals surface area contributed by atoms with Crippen LogP contribution < -0.4 is 10.1 Å². The molecule has 0 spiro atoms. The predicted octanol–water partition coefficient (Wildman–Crippen LogP) is 3.46. The van der Waals surface area contributed by atoms with Crippen LogP contribution in [0.25, 0.3) is 0 Å². The molecule has 1 unspecified atom stereocenters. The molecule has 0 radical (unpaired) electrons. The van der Waals surface area contributed by atoms with Gasteiger partial charge in [0.05, 0.1) is 6.04 Å². The number of hydrogen-bond acceptors (Lipinski definition) is 3. The SMILES string of the molecule is Cc1ccc(C(C)NC(=O)COc2ccc(C)c(C)c2)o1. The average Bonchev–Trinajstić information content (AvgIpc) is 2.87. The van der Waals surface area contributed by atoms with E-state index in [0.29, 0.717) is 5.75 Å². The maximum atomic E-state index is 11.9. The molecule has 2 aromatic rings. The van der Waals surface area contributed by atoms with Gasteiger partial charge in [0.1, 0.15) is 17.3 Å². The second kappa shape index (κ2) is 6.48. The Morgan fingerprint density at radius 1 is 1.19 bits per heavy atom. The molecule has 4 heteroatoms. The fourth-order valence-electron chi connectivity index (χ4n) is 1.99. The van der Waals surface area contributed by atoms with Crippen LogP contribution in [0.3, 0.4) is 0 Å². The summed E-state index contributed by atoms with van der Waals surface area (Å²) in [7, 11) is 0. The number of hydrogen-bond donors (Lipinski definition) is 1. The third kappa shape index (κ3) is 4.12. The van der Waals surface area contributed by atoms with Crippen molar-refractivity contribution < 1.29 is 13.9 Å². The first-order valence-corrected chi connectivity index (χ1v) is 7.01. The lowest BCUT2D eigenvalue weighted by atomic mass is 10.1. The second-order valence-electron chi connectivity index (χ2n) is 5.27. The van der Waals surface area contributed by atoms with Gasteiger partial charge >= 0.3 is 0 Å². The van der Waals surface area contributed by atoms with Crippen LogP contribution in [0.15, 0.2) is 34.7 Å². The highest BCUT2D eigenvalue weighted by atomic mass is 16.5. The molecule has 0 saturated heterocycles. The fourth-order valence-corrected chi connectivity index (χ4v) is 1.99. The summed E-state index contributed by atoms with van der Waals surface area (Å²) in [5, 5.41) is 2.85. The molecule has 0 aliphatic carbocycles. The van der Waals surface area contributed by atoms with Crippen molar-refractivity contribution in [3.8, 4) is 5.75 Å². The van der Waals surface area contributed by atoms with Gasteiger partial charge in [-0.15, -0.1) is 0 Å². The summed E-state index contributed by atoms with van der Waals surface area (Å²) in [6.07, 6.45) is 0. The summed E-state index contributed by atoms with van der Waals surface area (Å²) >= 11 is 0. The lowest BCUT2D eigenvalue weighted by Crippen LogP contribution is -2.31. The summed E-state index contributed by atoms with van der Waals surface area (Å²) in [6.45, 7) is 7.81. The van der Waals surface area contributed by atoms with E-state index in [1.807, 2.05) is 58.0 Å². The standard InChI is InChI=1S/C17H21NO3/c1-11-5-7-15(9-12(11)2)20-10-17(19)18-14(4)16-8-6-13(3)21-16/h5-9,14H,10H2,1-4H3,(H,18,19). The zero-order chi connectivity index (χ0) is 15.4. The Kier molecular flexibility index (Phi) is 4.68. The highest BCUT2D eigenvalue weighted by molar-refractivity contribution is 5.77. The molecule has 1 N–H and O–H groups in total. The molecular weight excluding hydrogens is 266 g/mol. The van der Waals surface area contributed by atoms with Crippen molar-refractivity contribution in [1.82, 2.24) is 5.32 Å². The number of nitrogens with one attached hydrogen (secondary N) is 1. The fraction of sp³-hybridized carbons (Fsp3) is 0.353. The largest absolute Gasteiger partial charge is 0.484 e. The Labute approximate surface area is 125 Å². The van der Waals surface area contributed by atoms with Crippen LogP contribution in [0, 0.1) is 20.8 Å². The molecule has 0 aliphatic rings. The molecule has 0 fully saturated rings. The van der Waals surface area contributed by atoms with Crippen LogP contribution in [0.5, 0.6) is 5.75 Å². The highest BCUT2D eigenvalue weighted by Crippen LogP contribution is 2.17. The summed E-state index contributed by atoms with van der Waals surface area (Å²) in [5.41, 5.74) is 2.35. The van der Waals surface area contributed by atoms with Crippen molar-refractivity contribution in [3.63, 3.8) is 0 Å². The zero-order valence-electron chi connectivity index (χ0n) is 12.9. The third-order valence-electron chi connectivity index (χ3n) is 3.41. The quantitative estimate of drug-likeness (QED) is 0.916. The number of benzene rings is 1. The maximum absolute atomic E-state index is 11.9. The van der Waals surface area contributed by atoms with Crippen molar-refractivity contribution in [3.05, 3.63) is 53.0 Å². The van der Waals surface area contributed by atoms with Gasteiger partial charge in [-0.1, -0.05) is 6.07 Å². The monoisotopic (exact) mass is 287 g/mol. The topological polar surface area (TPSA) is 51.5 Å². The van der Waals surface area contributed by atoms with Crippen LogP contribution in [0.2, 0.25) is 0 Å². The van der Waals surface area contributed by atoms with Gasteiger partial charge in [-0.05, 0) is 63.1 Å². The first-order valence-electron chi connectivity index (χ1n) is 7.01. The van der Waals surface area contributed by atoms with Gasteiger partial charge in [0, 0.05) is 0 Å². The van der Waals surface area contributed by atoms with E-state index < -0.39 is 0 Å². The maximum Gasteiger partial charge on any atom is 0.258 e. The van der Waals surface area contributed by atoms with Crippen LogP contribution in [0.4, 0.5) is 0 Å². The van der Waals surface area contributed by atoms with Crippen molar-refractivity contribution in [2.45, 2.75) is 33.7 Å². The average molecular weight is 287 g/mol. The Morgan fingerprint density at radius 3 is 2.57 bits per heavy atom. The molecule has 112 valence electrons. The first kappa shape index (κ1) is 15.2. The Morgan fingerprint density at radius 2 is 1.95 bits per heavy atom. The summed E-state index contributed by atoms with van der Waals surface area (Å²) in [5.74, 6) is 2.11. The molecule has 1 heterocycles. The number of carbonyl (C=O) groups excluding carboxylic acids is 1. The lowest BCUT2D eigenvalue weighted by Gasteiger charge is -2.12. The van der Waals surface area contributed by atoms with Crippen molar-refractivity contribution in [1.29, 1.82) is 0 Å². The van der Waals surface area contributed by atoms with Gasteiger partial charge in [-0.25, -0.2) is 0 Å². The molecule has 0 aliphatic heterocycles. The molecule has 0 saturated carbocycles. The minimum Gasteiger partial charge on any atom is -0.484 e.